The highest BCUT2D eigenvalue weighted by Crippen LogP contribution is 2.24. The van der Waals surface area contributed by atoms with Gasteiger partial charge >= 0.3 is 0 Å². The Kier molecular flexibility index (Phi) is 7.69. The van der Waals surface area contributed by atoms with Gasteiger partial charge in [-0.05, 0) is 55.3 Å². The summed E-state index contributed by atoms with van der Waals surface area (Å²) in [5.41, 5.74) is 2.08. The van der Waals surface area contributed by atoms with Gasteiger partial charge in [-0.3, -0.25) is 0 Å². The van der Waals surface area contributed by atoms with Crippen LogP contribution in [-0.2, 0) is 13.2 Å². The van der Waals surface area contributed by atoms with Crippen LogP contribution in [0.4, 0.5) is 0 Å². The van der Waals surface area contributed by atoms with E-state index in [4.69, 9.17) is 33.0 Å². The third kappa shape index (κ3) is 6.40. The van der Waals surface area contributed by atoms with Crippen LogP contribution in [0.3, 0.4) is 0 Å². The molecule has 0 spiro atoms. The average molecular weight is 354 g/mol. The highest BCUT2D eigenvalue weighted by molar-refractivity contribution is 6.30. The number of ether oxygens (including phenoxy) is 1. The van der Waals surface area contributed by atoms with Crippen LogP contribution in [0.5, 0.6) is 5.75 Å². The van der Waals surface area contributed by atoms with Gasteiger partial charge in [0.05, 0.1) is 0 Å². The van der Waals surface area contributed by atoms with Gasteiger partial charge in [-0.15, -0.1) is 0 Å². The molecule has 124 valence electrons. The van der Waals surface area contributed by atoms with Crippen LogP contribution in [0, 0.1) is 0 Å². The van der Waals surface area contributed by atoms with Crippen molar-refractivity contribution in [2.45, 2.75) is 26.0 Å². The van der Waals surface area contributed by atoms with Gasteiger partial charge in [-0.1, -0.05) is 35.3 Å². The molecule has 0 amide bonds. The molecule has 0 fully saturated rings. The maximum atomic E-state index is 8.78. The molecule has 0 radical (unpaired) electrons. The lowest BCUT2D eigenvalue weighted by atomic mass is 10.2. The second-order valence-corrected chi connectivity index (χ2v) is 6.15. The fraction of sp³-hybridized carbons (Fsp3) is 0.333. The van der Waals surface area contributed by atoms with Gasteiger partial charge < -0.3 is 15.2 Å². The molecule has 0 unspecified atom stereocenters. The maximum absolute atomic E-state index is 8.78. The number of aliphatic hydroxyl groups is 1. The van der Waals surface area contributed by atoms with E-state index in [1.807, 2.05) is 42.5 Å². The maximum Gasteiger partial charge on any atom is 0.124 e. The Morgan fingerprint density at radius 2 is 1.70 bits per heavy atom. The molecule has 5 heteroatoms. The third-order valence-electron chi connectivity index (χ3n) is 3.41. The summed E-state index contributed by atoms with van der Waals surface area (Å²) in [6.45, 7) is 2.25. The molecule has 0 aliphatic rings. The van der Waals surface area contributed by atoms with E-state index >= 15 is 0 Å². The minimum Gasteiger partial charge on any atom is -0.489 e. The van der Waals surface area contributed by atoms with Gasteiger partial charge in [0.25, 0.3) is 0 Å². The van der Waals surface area contributed by atoms with Crippen molar-refractivity contribution >= 4 is 23.2 Å². The Morgan fingerprint density at radius 1 is 0.957 bits per heavy atom. The Labute approximate surface area is 147 Å². The summed E-state index contributed by atoms with van der Waals surface area (Å²) >= 11 is 12.0. The first kappa shape index (κ1) is 18.1. The number of aliphatic hydroxyl groups excluding tert-OH is 1. The first-order valence-electron chi connectivity index (χ1n) is 7.66. The predicted octanol–water partition coefficient (Wildman–Crippen LogP) is 4.43. The minimum absolute atomic E-state index is 0.230. The predicted molar refractivity (Wildman–Crippen MR) is 95.3 cm³/mol. The number of nitrogens with one attached hydrogen (secondary N) is 1. The van der Waals surface area contributed by atoms with E-state index in [0.717, 1.165) is 36.3 Å². The summed E-state index contributed by atoms with van der Waals surface area (Å²) in [5.74, 6) is 0.819. The summed E-state index contributed by atoms with van der Waals surface area (Å²) in [6.07, 6.45) is 1.75. The third-order valence-corrected chi connectivity index (χ3v) is 3.89. The van der Waals surface area contributed by atoms with Gasteiger partial charge in [0.2, 0.25) is 0 Å². The van der Waals surface area contributed by atoms with E-state index in [1.165, 1.54) is 0 Å². The lowest BCUT2D eigenvalue weighted by molar-refractivity contribution is 0.283. The lowest BCUT2D eigenvalue weighted by Gasteiger charge is -2.13. The fourth-order valence-electron chi connectivity index (χ4n) is 2.15. The van der Waals surface area contributed by atoms with Crippen molar-refractivity contribution in [1.29, 1.82) is 0 Å². The molecule has 0 saturated heterocycles. The molecule has 0 heterocycles. The van der Waals surface area contributed by atoms with Crippen LogP contribution in [0.25, 0.3) is 0 Å². The first-order chi connectivity index (χ1) is 11.2. The molecule has 2 rings (SSSR count). The number of unbranched alkanes of at least 4 members (excludes halogenated alkanes) is 1. The first-order valence-corrected chi connectivity index (χ1v) is 8.42. The fourth-order valence-corrected chi connectivity index (χ4v) is 2.47. The second kappa shape index (κ2) is 9.78. The Balaban J connectivity index is 1.93. The molecule has 0 aliphatic carbocycles. The SMILES string of the molecule is OCCCCNCc1cc(Cl)ccc1OCc1ccc(Cl)cc1. The zero-order valence-electron chi connectivity index (χ0n) is 12.9. The minimum atomic E-state index is 0.230. The quantitative estimate of drug-likeness (QED) is 0.655. The Hall–Kier alpha value is -1.26. The van der Waals surface area contributed by atoms with E-state index in [0.29, 0.717) is 23.2 Å². The van der Waals surface area contributed by atoms with Crippen LogP contribution in [0.15, 0.2) is 42.5 Å². The van der Waals surface area contributed by atoms with Gasteiger partial charge in [0, 0.05) is 28.8 Å². The molecule has 0 bridgehead atoms. The van der Waals surface area contributed by atoms with Gasteiger partial charge in [0.15, 0.2) is 0 Å². The van der Waals surface area contributed by atoms with Crippen LogP contribution >= 0.6 is 23.2 Å². The summed E-state index contributed by atoms with van der Waals surface area (Å²) < 4.78 is 5.91. The number of benzene rings is 2. The van der Waals surface area contributed by atoms with Crippen molar-refractivity contribution in [2.24, 2.45) is 0 Å². The van der Waals surface area contributed by atoms with Crippen LogP contribution in [0.1, 0.15) is 24.0 Å². The highest BCUT2D eigenvalue weighted by atomic mass is 35.5. The van der Waals surface area contributed by atoms with Crippen molar-refractivity contribution in [2.75, 3.05) is 13.2 Å². The van der Waals surface area contributed by atoms with E-state index in [-0.39, 0.29) is 6.61 Å². The number of halogens is 2. The molecule has 0 saturated carbocycles. The highest BCUT2D eigenvalue weighted by Gasteiger charge is 2.05. The molecule has 2 N–H and O–H groups in total. The zero-order valence-corrected chi connectivity index (χ0v) is 14.4. The summed E-state index contributed by atoms with van der Waals surface area (Å²) in [6, 6.07) is 13.2. The monoisotopic (exact) mass is 353 g/mol. The van der Waals surface area contributed by atoms with E-state index in [2.05, 4.69) is 5.32 Å². The molecule has 2 aromatic rings. The van der Waals surface area contributed by atoms with Crippen LogP contribution in [-0.4, -0.2) is 18.3 Å². The van der Waals surface area contributed by atoms with E-state index in [9.17, 15) is 0 Å². The van der Waals surface area contributed by atoms with Gasteiger partial charge in [-0.25, -0.2) is 0 Å². The molecule has 0 atom stereocenters. The second-order valence-electron chi connectivity index (χ2n) is 5.27. The van der Waals surface area contributed by atoms with Gasteiger partial charge in [-0.2, -0.15) is 0 Å². The van der Waals surface area contributed by atoms with E-state index < -0.39 is 0 Å². The molecular weight excluding hydrogens is 333 g/mol. The lowest BCUT2D eigenvalue weighted by Crippen LogP contribution is -2.15. The van der Waals surface area contributed by atoms with Crippen molar-refractivity contribution in [3.63, 3.8) is 0 Å². The molecule has 3 nitrogen and oxygen atoms in total. The molecular formula is C18H21Cl2NO2. The van der Waals surface area contributed by atoms with Crippen molar-refractivity contribution in [3.05, 3.63) is 63.6 Å². The largest absolute Gasteiger partial charge is 0.489 e. The Morgan fingerprint density at radius 3 is 2.43 bits per heavy atom. The summed E-state index contributed by atoms with van der Waals surface area (Å²) in [4.78, 5) is 0. The Bertz CT molecular complexity index is 602. The smallest absolute Gasteiger partial charge is 0.124 e. The summed E-state index contributed by atoms with van der Waals surface area (Å²) in [5, 5.41) is 13.5. The van der Waals surface area contributed by atoms with Crippen molar-refractivity contribution in [1.82, 2.24) is 5.32 Å². The normalized spacial score (nSPS) is 10.7. The summed E-state index contributed by atoms with van der Waals surface area (Å²) in [7, 11) is 0. The topological polar surface area (TPSA) is 41.5 Å². The van der Waals surface area contributed by atoms with E-state index in [1.54, 1.807) is 0 Å². The van der Waals surface area contributed by atoms with Crippen LogP contribution in [0.2, 0.25) is 10.0 Å². The van der Waals surface area contributed by atoms with Crippen LogP contribution < -0.4 is 10.1 Å². The molecule has 0 aromatic heterocycles. The number of hydrogen-bond donors (Lipinski definition) is 2. The zero-order chi connectivity index (χ0) is 16.5. The van der Waals surface area contributed by atoms with Crippen molar-refractivity contribution < 1.29 is 9.84 Å². The number of hydrogen-bond acceptors (Lipinski definition) is 3. The molecule has 23 heavy (non-hydrogen) atoms. The molecule has 2 aromatic carbocycles. The van der Waals surface area contributed by atoms with Crippen molar-refractivity contribution in [3.8, 4) is 5.75 Å². The molecule has 0 aliphatic heterocycles. The average Bonchev–Trinajstić information content (AvgIpc) is 2.55. The standard InChI is InChI=1S/C18H21Cl2NO2/c19-16-5-3-14(4-6-16)13-23-18-8-7-17(20)11-15(18)12-21-9-1-2-10-22/h3-8,11,21-22H,1-2,9-10,12-13H2. The number of rotatable bonds is 9. The van der Waals surface area contributed by atoms with Gasteiger partial charge in [0.1, 0.15) is 12.4 Å².